The fourth-order valence-electron chi connectivity index (χ4n) is 6.37. The van der Waals surface area contributed by atoms with E-state index in [2.05, 4.69) is 67.3 Å². The fraction of sp³-hybridized carbons (Fsp3) is 0.500. The predicted molar refractivity (Wildman–Crippen MR) is 183 cm³/mol. The highest BCUT2D eigenvalue weighted by Gasteiger charge is 2.35. The predicted octanol–water partition coefficient (Wildman–Crippen LogP) is 5.75. The Labute approximate surface area is 273 Å². The third-order valence-electron chi connectivity index (χ3n) is 8.58. The Morgan fingerprint density at radius 3 is 2.56 bits per heavy atom. The average Bonchev–Trinajstić information content (AvgIpc) is 3.00. The highest BCUT2D eigenvalue weighted by molar-refractivity contribution is 9.10. The van der Waals surface area contributed by atoms with Gasteiger partial charge in [-0.3, -0.25) is 4.90 Å². The number of anilines is 5. The molecule has 2 saturated heterocycles. The molecule has 13 heteroatoms. The van der Waals surface area contributed by atoms with Gasteiger partial charge >= 0.3 is 0 Å². The first-order chi connectivity index (χ1) is 21.6. The molecule has 2 fully saturated rings. The van der Waals surface area contributed by atoms with Crippen molar-refractivity contribution in [1.82, 2.24) is 14.9 Å². The van der Waals surface area contributed by atoms with Crippen molar-refractivity contribution in [1.29, 1.82) is 0 Å². The second kappa shape index (κ2) is 13.4. The lowest BCUT2D eigenvalue weighted by Gasteiger charge is -2.47. The van der Waals surface area contributed by atoms with E-state index in [4.69, 9.17) is 23.9 Å². The van der Waals surface area contributed by atoms with E-state index in [1.54, 1.807) is 26.6 Å². The van der Waals surface area contributed by atoms with Crippen molar-refractivity contribution in [3.63, 3.8) is 0 Å². The molecule has 0 atom stereocenters. The van der Waals surface area contributed by atoms with Crippen molar-refractivity contribution in [2.75, 3.05) is 82.0 Å². The molecule has 4 heterocycles. The number of aromatic nitrogens is 2. The van der Waals surface area contributed by atoms with Crippen molar-refractivity contribution in [3.8, 4) is 17.2 Å². The number of benzene rings is 2. The van der Waals surface area contributed by atoms with Gasteiger partial charge in [0, 0.05) is 56.8 Å². The Bertz CT molecular complexity index is 1590. The Morgan fingerprint density at radius 1 is 1.09 bits per heavy atom. The molecule has 0 bridgehead atoms. The smallest absolute Gasteiger partial charge is 0.229 e. The normalized spacial score (nSPS) is 17.6. The summed E-state index contributed by atoms with van der Waals surface area (Å²) in [5, 5.41) is 7.29. The fourth-order valence-corrected chi connectivity index (χ4v) is 8.03. The molecule has 0 spiro atoms. The molecule has 0 radical (unpaired) electrons. The van der Waals surface area contributed by atoms with E-state index < -0.39 is 7.14 Å². The van der Waals surface area contributed by atoms with Gasteiger partial charge in [-0.25, -0.2) is 4.98 Å². The summed E-state index contributed by atoms with van der Waals surface area (Å²) < 4.78 is 37.3. The minimum absolute atomic E-state index is 0.391. The number of piperidine rings is 1. The molecule has 0 aliphatic carbocycles. The summed E-state index contributed by atoms with van der Waals surface area (Å²) in [6, 6.07) is 8.49. The van der Waals surface area contributed by atoms with E-state index in [9.17, 15) is 4.57 Å². The third kappa shape index (κ3) is 6.89. The summed E-state index contributed by atoms with van der Waals surface area (Å²) in [4.78, 5) is 14.3. The second-order valence-electron chi connectivity index (χ2n) is 12.1. The van der Waals surface area contributed by atoms with Gasteiger partial charge in [-0.2, -0.15) is 4.98 Å². The van der Waals surface area contributed by atoms with Crippen LogP contribution >= 0.6 is 23.1 Å². The first-order valence-corrected chi connectivity index (χ1v) is 18.9. The maximum atomic E-state index is 13.4. The minimum atomic E-state index is -2.75. The molecule has 242 valence electrons. The molecular formula is C32H42BrN6O5P. The molecule has 0 saturated carbocycles. The summed E-state index contributed by atoms with van der Waals surface area (Å²) >= 11 is 3.57. The Morgan fingerprint density at radius 2 is 1.84 bits per heavy atom. The van der Waals surface area contributed by atoms with Crippen LogP contribution in [-0.2, 0) is 9.30 Å². The lowest BCUT2D eigenvalue weighted by molar-refractivity contribution is -0.0712. The Balaban J connectivity index is 1.18. The lowest BCUT2D eigenvalue weighted by atomic mass is 9.97. The van der Waals surface area contributed by atoms with Gasteiger partial charge in [-0.05, 0) is 79.7 Å². The summed E-state index contributed by atoms with van der Waals surface area (Å²) in [5.74, 6) is 2.74. The highest BCUT2D eigenvalue weighted by Crippen LogP contribution is 2.47. The van der Waals surface area contributed by atoms with Crippen molar-refractivity contribution in [2.45, 2.75) is 38.8 Å². The first kappa shape index (κ1) is 31.9. The molecule has 3 aliphatic heterocycles. The van der Waals surface area contributed by atoms with Crippen molar-refractivity contribution < 1.29 is 23.5 Å². The minimum Gasteiger partial charge on any atom is -0.494 e. The van der Waals surface area contributed by atoms with Gasteiger partial charge in [0.2, 0.25) is 5.95 Å². The van der Waals surface area contributed by atoms with Gasteiger partial charge in [0.15, 0.2) is 11.5 Å². The molecule has 1 aromatic heterocycles. The zero-order chi connectivity index (χ0) is 31.7. The number of nitrogens with zero attached hydrogens (tertiary/aromatic N) is 4. The van der Waals surface area contributed by atoms with Crippen molar-refractivity contribution in [2.24, 2.45) is 0 Å². The SMILES string of the molecule is CCOC1CN(C2CCN(c3cc(OC)c(Nc4ncc(Br)c(Nc5ccc6c(c5P(C)(C)=O)OCCO6)n4)cc3C)CC2)C1. The van der Waals surface area contributed by atoms with Gasteiger partial charge in [-0.15, -0.1) is 0 Å². The Kier molecular flexibility index (Phi) is 9.47. The van der Waals surface area contributed by atoms with Crippen LogP contribution in [-0.4, -0.2) is 93.5 Å². The first-order valence-electron chi connectivity index (χ1n) is 15.5. The number of ether oxygens (including phenoxy) is 4. The van der Waals surface area contributed by atoms with Crippen LogP contribution in [0.25, 0.3) is 0 Å². The number of nitrogens with one attached hydrogen (secondary N) is 2. The number of methoxy groups -OCH3 is 1. The quantitative estimate of drug-likeness (QED) is 0.252. The van der Waals surface area contributed by atoms with Gasteiger partial charge in [0.05, 0.1) is 34.4 Å². The number of aryl methyl sites for hydroxylation is 1. The van der Waals surface area contributed by atoms with E-state index in [-0.39, 0.29) is 0 Å². The number of rotatable bonds is 10. The highest BCUT2D eigenvalue weighted by atomic mass is 79.9. The number of fused-ring (bicyclic) bond motifs is 1. The van der Waals surface area contributed by atoms with E-state index in [0.29, 0.717) is 69.8 Å². The molecule has 0 amide bonds. The standard InChI is InChI=1S/C32H42BrN6O5P/c1-6-42-22-18-39(19-22)21-9-11-38(12-10-21)26-16-28(41-3)25(15-20(26)2)36-32-34-17-23(33)31(37-32)35-24-7-8-27-29(44-14-13-43-27)30(24)45(4,5)40/h7-8,15-17,21-22H,6,9-14,18-19H2,1-5H3,(H2,34,35,36,37). The Hall–Kier alpha value is -3.05. The van der Waals surface area contributed by atoms with Crippen LogP contribution in [0.3, 0.4) is 0 Å². The number of halogens is 1. The van der Waals surface area contributed by atoms with Crippen LogP contribution < -0.4 is 35.0 Å². The summed E-state index contributed by atoms with van der Waals surface area (Å²) in [7, 11) is -1.07. The van der Waals surface area contributed by atoms with Crippen LogP contribution in [0.5, 0.6) is 17.2 Å². The zero-order valence-corrected chi connectivity index (χ0v) is 29.0. The van der Waals surface area contributed by atoms with Crippen LogP contribution in [0.1, 0.15) is 25.3 Å². The molecule has 6 rings (SSSR count). The lowest BCUT2D eigenvalue weighted by Crippen LogP contribution is -2.58. The summed E-state index contributed by atoms with van der Waals surface area (Å²) in [6.45, 7) is 13.4. The molecule has 45 heavy (non-hydrogen) atoms. The van der Waals surface area contributed by atoms with Gasteiger partial charge in [0.25, 0.3) is 0 Å². The van der Waals surface area contributed by atoms with Crippen LogP contribution in [0.15, 0.2) is 34.9 Å². The molecule has 3 aliphatic rings. The zero-order valence-electron chi connectivity index (χ0n) is 26.6. The summed E-state index contributed by atoms with van der Waals surface area (Å²) in [6.07, 6.45) is 4.36. The molecule has 11 nitrogen and oxygen atoms in total. The number of hydrogen-bond acceptors (Lipinski definition) is 11. The van der Waals surface area contributed by atoms with Crippen LogP contribution in [0, 0.1) is 6.92 Å². The van der Waals surface area contributed by atoms with E-state index in [1.807, 2.05) is 12.1 Å². The number of hydrogen-bond donors (Lipinski definition) is 2. The molecule has 2 aromatic carbocycles. The van der Waals surface area contributed by atoms with Gasteiger partial charge < -0.3 is 39.0 Å². The maximum absolute atomic E-state index is 13.4. The second-order valence-corrected chi connectivity index (χ2v) is 16.1. The summed E-state index contributed by atoms with van der Waals surface area (Å²) in [5.41, 5.74) is 3.74. The maximum Gasteiger partial charge on any atom is 0.229 e. The van der Waals surface area contributed by atoms with Crippen LogP contribution in [0.2, 0.25) is 0 Å². The monoisotopic (exact) mass is 700 g/mol. The van der Waals surface area contributed by atoms with E-state index in [1.165, 1.54) is 5.69 Å². The van der Waals surface area contributed by atoms with E-state index in [0.717, 1.165) is 56.9 Å². The third-order valence-corrected chi connectivity index (χ3v) is 10.7. The molecule has 2 N–H and O–H groups in total. The van der Waals surface area contributed by atoms with Crippen molar-refractivity contribution in [3.05, 3.63) is 40.5 Å². The average molecular weight is 702 g/mol. The molecule has 0 unspecified atom stereocenters. The van der Waals surface area contributed by atoms with Gasteiger partial charge in [-0.1, -0.05) is 0 Å². The molecular weight excluding hydrogens is 659 g/mol. The van der Waals surface area contributed by atoms with Crippen molar-refractivity contribution >= 4 is 57.2 Å². The molecule has 3 aromatic rings. The van der Waals surface area contributed by atoms with E-state index >= 15 is 0 Å². The van der Waals surface area contributed by atoms with Gasteiger partial charge in [0.1, 0.15) is 31.9 Å². The topological polar surface area (TPSA) is 110 Å². The largest absolute Gasteiger partial charge is 0.494 e. The van der Waals surface area contributed by atoms with Crippen LogP contribution in [0.4, 0.5) is 28.8 Å². The number of likely N-dealkylation sites (tertiary alicyclic amines) is 1.